The van der Waals surface area contributed by atoms with Crippen molar-refractivity contribution in [3.05, 3.63) is 22.3 Å². The van der Waals surface area contributed by atoms with Crippen LogP contribution in [0.2, 0.25) is 10.0 Å². The number of halogens is 2. The summed E-state index contributed by atoms with van der Waals surface area (Å²) in [5.41, 5.74) is 0. The summed E-state index contributed by atoms with van der Waals surface area (Å²) in [6, 6.07) is 1.45. The van der Waals surface area contributed by atoms with Crippen LogP contribution in [-0.2, 0) is 9.59 Å². The van der Waals surface area contributed by atoms with Crippen LogP contribution in [0.15, 0.2) is 12.3 Å². The molecule has 1 atom stereocenters. The molecule has 2 rings (SSSR count). The Morgan fingerprint density at radius 2 is 2.18 bits per heavy atom. The molecular weight excluding hydrogens is 267 g/mol. The minimum absolute atomic E-state index is 0.0166. The zero-order valence-corrected chi connectivity index (χ0v) is 10.1. The number of carbonyl (C=O) groups is 2. The molecule has 1 unspecified atom stereocenters. The maximum Gasteiger partial charge on any atom is 0.308 e. The van der Waals surface area contributed by atoms with E-state index in [0.717, 1.165) is 0 Å². The van der Waals surface area contributed by atoms with E-state index >= 15 is 0 Å². The van der Waals surface area contributed by atoms with Gasteiger partial charge in [0.1, 0.15) is 5.82 Å². The fourth-order valence-corrected chi connectivity index (χ4v) is 1.90. The highest BCUT2D eigenvalue weighted by Crippen LogP contribution is 2.28. The molecule has 7 heteroatoms. The van der Waals surface area contributed by atoms with Crippen molar-refractivity contribution in [3.63, 3.8) is 0 Å². The van der Waals surface area contributed by atoms with Crippen molar-refractivity contribution in [2.45, 2.75) is 6.42 Å². The number of aliphatic carboxylic acids is 1. The second-order valence-corrected chi connectivity index (χ2v) is 4.51. The molecule has 1 aromatic heterocycles. The van der Waals surface area contributed by atoms with E-state index in [9.17, 15) is 9.59 Å². The Morgan fingerprint density at radius 3 is 2.71 bits per heavy atom. The molecule has 1 aromatic rings. The van der Waals surface area contributed by atoms with Crippen LogP contribution in [0.1, 0.15) is 6.42 Å². The zero-order valence-electron chi connectivity index (χ0n) is 8.56. The number of nitrogens with zero attached hydrogens (tertiary/aromatic N) is 2. The summed E-state index contributed by atoms with van der Waals surface area (Å²) >= 11 is 11.5. The average molecular weight is 275 g/mol. The van der Waals surface area contributed by atoms with Gasteiger partial charge in [-0.05, 0) is 0 Å². The van der Waals surface area contributed by atoms with Gasteiger partial charge in [-0.15, -0.1) is 0 Å². The van der Waals surface area contributed by atoms with Crippen molar-refractivity contribution < 1.29 is 14.7 Å². The van der Waals surface area contributed by atoms with Crippen molar-refractivity contribution in [2.75, 3.05) is 11.4 Å². The number of anilines is 1. The third-order valence-electron chi connectivity index (χ3n) is 2.54. The molecule has 1 N–H and O–H groups in total. The predicted octanol–water partition coefficient (Wildman–Crippen LogP) is 1.83. The molecule has 5 nitrogen and oxygen atoms in total. The highest BCUT2D eigenvalue weighted by molar-refractivity contribution is 6.42. The van der Waals surface area contributed by atoms with Gasteiger partial charge in [-0.3, -0.25) is 14.5 Å². The normalized spacial score (nSPS) is 19.8. The number of carboxylic acids is 1. The zero-order chi connectivity index (χ0) is 12.6. The molecule has 90 valence electrons. The number of carboxylic acid groups (broad SMARTS) is 1. The van der Waals surface area contributed by atoms with Crippen LogP contribution in [0.4, 0.5) is 5.82 Å². The van der Waals surface area contributed by atoms with E-state index in [-0.39, 0.29) is 28.9 Å². The van der Waals surface area contributed by atoms with Crippen LogP contribution < -0.4 is 4.90 Å². The first kappa shape index (κ1) is 12.1. The maximum atomic E-state index is 11.6. The van der Waals surface area contributed by atoms with Gasteiger partial charge in [0.2, 0.25) is 5.91 Å². The molecule has 0 spiro atoms. The number of pyridine rings is 1. The van der Waals surface area contributed by atoms with Crippen molar-refractivity contribution >= 4 is 40.9 Å². The van der Waals surface area contributed by atoms with Crippen molar-refractivity contribution in [1.82, 2.24) is 4.98 Å². The third-order valence-corrected chi connectivity index (χ3v) is 3.26. The second-order valence-electron chi connectivity index (χ2n) is 3.70. The Morgan fingerprint density at radius 1 is 1.47 bits per heavy atom. The van der Waals surface area contributed by atoms with E-state index in [1.54, 1.807) is 0 Å². The van der Waals surface area contributed by atoms with Crippen molar-refractivity contribution in [2.24, 2.45) is 5.92 Å². The minimum atomic E-state index is -0.985. The molecule has 0 aromatic carbocycles. The Kier molecular flexibility index (Phi) is 3.22. The van der Waals surface area contributed by atoms with Gasteiger partial charge in [0.05, 0.1) is 16.0 Å². The molecule has 17 heavy (non-hydrogen) atoms. The Balaban J connectivity index is 2.26. The Hall–Kier alpha value is -1.33. The van der Waals surface area contributed by atoms with E-state index < -0.39 is 11.9 Å². The molecule has 2 heterocycles. The molecule has 0 saturated carbocycles. The summed E-state index contributed by atoms with van der Waals surface area (Å²) in [6.07, 6.45) is 1.32. The first-order chi connectivity index (χ1) is 7.99. The fraction of sp³-hybridized carbons (Fsp3) is 0.300. The molecule has 0 bridgehead atoms. The van der Waals surface area contributed by atoms with E-state index in [4.69, 9.17) is 28.3 Å². The Bertz CT molecular complexity index is 492. The first-order valence-corrected chi connectivity index (χ1v) is 5.59. The second kappa shape index (κ2) is 4.50. The van der Waals surface area contributed by atoms with E-state index in [0.29, 0.717) is 5.82 Å². The monoisotopic (exact) mass is 274 g/mol. The van der Waals surface area contributed by atoms with Gasteiger partial charge in [0.15, 0.2) is 0 Å². The van der Waals surface area contributed by atoms with Gasteiger partial charge in [0.25, 0.3) is 0 Å². The van der Waals surface area contributed by atoms with Gasteiger partial charge in [-0.25, -0.2) is 4.98 Å². The van der Waals surface area contributed by atoms with Gasteiger partial charge in [0, 0.05) is 25.2 Å². The van der Waals surface area contributed by atoms with Crippen LogP contribution in [0.5, 0.6) is 0 Å². The molecule has 1 aliphatic rings. The smallest absolute Gasteiger partial charge is 0.308 e. The summed E-state index contributed by atoms with van der Waals surface area (Å²) in [5.74, 6) is -1.63. The molecule has 0 aliphatic carbocycles. The first-order valence-electron chi connectivity index (χ1n) is 4.83. The topological polar surface area (TPSA) is 70.5 Å². The largest absolute Gasteiger partial charge is 0.481 e. The summed E-state index contributed by atoms with van der Waals surface area (Å²) in [7, 11) is 0. The van der Waals surface area contributed by atoms with Gasteiger partial charge >= 0.3 is 5.97 Å². The van der Waals surface area contributed by atoms with Crippen molar-refractivity contribution in [1.29, 1.82) is 0 Å². The fourth-order valence-electron chi connectivity index (χ4n) is 1.65. The lowest BCUT2D eigenvalue weighted by Gasteiger charge is -2.15. The number of rotatable bonds is 2. The molecule has 1 aliphatic heterocycles. The van der Waals surface area contributed by atoms with Crippen LogP contribution >= 0.6 is 23.2 Å². The van der Waals surface area contributed by atoms with Crippen LogP contribution in [0.3, 0.4) is 0 Å². The number of carbonyl (C=O) groups excluding carboxylic acids is 1. The van der Waals surface area contributed by atoms with Gasteiger partial charge < -0.3 is 5.11 Å². The Labute approximate surface area is 107 Å². The lowest BCUT2D eigenvalue weighted by molar-refractivity contribution is -0.141. The van der Waals surface area contributed by atoms with E-state index in [1.807, 2.05) is 0 Å². The summed E-state index contributed by atoms with van der Waals surface area (Å²) in [6.45, 7) is 0.110. The summed E-state index contributed by atoms with van der Waals surface area (Å²) in [5, 5.41) is 9.42. The average Bonchev–Trinajstić information content (AvgIpc) is 2.65. The molecule has 1 saturated heterocycles. The molecule has 1 amide bonds. The van der Waals surface area contributed by atoms with Crippen LogP contribution in [0.25, 0.3) is 0 Å². The predicted molar refractivity (Wildman–Crippen MR) is 62.4 cm³/mol. The van der Waals surface area contributed by atoms with E-state index in [1.165, 1.54) is 17.2 Å². The van der Waals surface area contributed by atoms with Gasteiger partial charge in [-0.1, -0.05) is 23.2 Å². The number of hydrogen-bond donors (Lipinski definition) is 1. The third kappa shape index (κ3) is 2.35. The number of aromatic nitrogens is 1. The number of amides is 1. The minimum Gasteiger partial charge on any atom is -0.481 e. The highest BCUT2D eigenvalue weighted by Gasteiger charge is 2.35. The molecule has 0 radical (unpaired) electrons. The van der Waals surface area contributed by atoms with Gasteiger partial charge in [-0.2, -0.15) is 0 Å². The van der Waals surface area contributed by atoms with Crippen molar-refractivity contribution in [3.8, 4) is 0 Å². The summed E-state index contributed by atoms with van der Waals surface area (Å²) in [4.78, 5) is 27.7. The lowest BCUT2D eigenvalue weighted by Crippen LogP contribution is -2.26. The van der Waals surface area contributed by atoms with Crippen LogP contribution in [0, 0.1) is 5.92 Å². The molecular formula is C10H8Cl2N2O3. The lowest BCUT2D eigenvalue weighted by atomic mass is 10.1. The maximum absolute atomic E-state index is 11.6. The molecule has 1 fully saturated rings. The van der Waals surface area contributed by atoms with Crippen LogP contribution in [-0.4, -0.2) is 28.5 Å². The summed E-state index contributed by atoms with van der Waals surface area (Å²) < 4.78 is 0. The SMILES string of the molecule is O=C(O)C1CC(=O)N(c2cc(Cl)c(Cl)cn2)C1. The number of hydrogen-bond acceptors (Lipinski definition) is 3. The standard InChI is InChI=1S/C10H8Cl2N2O3/c11-6-2-8(13-3-7(6)12)14-4-5(10(16)17)1-9(14)15/h2-3,5H,1,4H2,(H,16,17). The quantitative estimate of drug-likeness (QED) is 0.893. The van der Waals surface area contributed by atoms with E-state index in [2.05, 4.69) is 4.98 Å². The highest BCUT2D eigenvalue weighted by atomic mass is 35.5.